The SMILES string of the molecule is N[C@]1(C(=O)O)[C@@H]2CC[C@@H]1[C@H](C(=O)O)C2. The van der Waals surface area contributed by atoms with Crippen molar-refractivity contribution in [1.82, 2.24) is 0 Å². The van der Waals surface area contributed by atoms with Crippen LogP contribution in [0.5, 0.6) is 0 Å². The topological polar surface area (TPSA) is 101 Å². The van der Waals surface area contributed by atoms with E-state index in [4.69, 9.17) is 15.9 Å². The molecule has 2 aliphatic rings. The van der Waals surface area contributed by atoms with Crippen LogP contribution >= 0.6 is 0 Å². The third kappa shape index (κ3) is 0.930. The number of hydrogen-bond donors (Lipinski definition) is 3. The van der Waals surface area contributed by atoms with Crippen molar-refractivity contribution in [3.63, 3.8) is 0 Å². The third-order valence-electron chi connectivity index (χ3n) is 3.83. The van der Waals surface area contributed by atoms with E-state index in [0.29, 0.717) is 12.8 Å². The van der Waals surface area contributed by atoms with Crippen LogP contribution in [0.15, 0.2) is 0 Å². The summed E-state index contributed by atoms with van der Waals surface area (Å²) in [7, 11) is 0. The van der Waals surface area contributed by atoms with Gasteiger partial charge in [0, 0.05) is 5.92 Å². The lowest BCUT2D eigenvalue weighted by molar-refractivity contribution is -0.147. The molecule has 0 aromatic carbocycles. The Kier molecular flexibility index (Phi) is 1.82. The summed E-state index contributed by atoms with van der Waals surface area (Å²) in [6, 6.07) is 0. The number of aliphatic carboxylic acids is 2. The van der Waals surface area contributed by atoms with Gasteiger partial charge in [0.25, 0.3) is 0 Å². The highest BCUT2D eigenvalue weighted by molar-refractivity contribution is 5.83. The number of hydrogen-bond acceptors (Lipinski definition) is 3. The largest absolute Gasteiger partial charge is 0.481 e. The monoisotopic (exact) mass is 199 g/mol. The molecule has 14 heavy (non-hydrogen) atoms. The van der Waals surface area contributed by atoms with E-state index in [1.807, 2.05) is 0 Å². The molecule has 5 nitrogen and oxygen atoms in total. The van der Waals surface area contributed by atoms with Gasteiger partial charge in [0.2, 0.25) is 0 Å². The van der Waals surface area contributed by atoms with Gasteiger partial charge in [-0.3, -0.25) is 9.59 Å². The Balaban J connectivity index is 2.32. The lowest BCUT2D eigenvalue weighted by Crippen LogP contribution is -2.53. The minimum absolute atomic E-state index is 0.161. The Morgan fingerprint density at radius 2 is 1.93 bits per heavy atom. The molecule has 0 amide bonds. The molecule has 2 fully saturated rings. The highest BCUT2D eigenvalue weighted by Crippen LogP contribution is 2.54. The van der Waals surface area contributed by atoms with Crippen molar-refractivity contribution < 1.29 is 19.8 Å². The Labute approximate surface area is 80.9 Å². The van der Waals surface area contributed by atoms with Crippen LogP contribution < -0.4 is 5.73 Å². The predicted molar refractivity (Wildman–Crippen MR) is 46.5 cm³/mol. The smallest absolute Gasteiger partial charge is 0.324 e. The molecule has 4 atom stereocenters. The van der Waals surface area contributed by atoms with Gasteiger partial charge in [-0.15, -0.1) is 0 Å². The van der Waals surface area contributed by atoms with Gasteiger partial charge >= 0.3 is 11.9 Å². The minimum Gasteiger partial charge on any atom is -0.481 e. The Hall–Kier alpha value is -1.10. The zero-order valence-electron chi connectivity index (χ0n) is 7.64. The Bertz CT molecular complexity index is 303. The Morgan fingerprint density at radius 1 is 1.29 bits per heavy atom. The first-order valence-electron chi connectivity index (χ1n) is 4.73. The molecular formula is C9H13NO4. The first-order valence-corrected chi connectivity index (χ1v) is 4.73. The van der Waals surface area contributed by atoms with E-state index in [-0.39, 0.29) is 11.8 Å². The maximum Gasteiger partial charge on any atom is 0.324 e. The van der Waals surface area contributed by atoms with Crippen molar-refractivity contribution in [3.8, 4) is 0 Å². The van der Waals surface area contributed by atoms with Crippen LogP contribution in [0.25, 0.3) is 0 Å². The highest BCUT2D eigenvalue weighted by Gasteiger charge is 2.63. The second-order valence-corrected chi connectivity index (χ2v) is 4.30. The van der Waals surface area contributed by atoms with Crippen LogP contribution in [0.2, 0.25) is 0 Å². The summed E-state index contributed by atoms with van der Waals surface area (Å²) in [6.07, 6.45) is 1.80. The fraction of sp³-hybridized carbons (Fsp3) is 0.778. The van der Waals surface area contributed by atoms with E-state index in [1.54, 1.807) is 0 Å². The average molecular weight is 199 g/mol. The van der Waals surface area contributed by atoms with E-state index in [9.17, 15) is 9.59 Å². The van der Waals surface area contributed by atoms with E-state index in [0.717, 1.165) is 6.42 Å². The number of nitrogens with two attached hydrogens (primary N) is 1. The van der Waals surface area contributed by atoms with Crippen molar-refractivity contribution >= 4 is 11.9 Å². The normalized spacial score (nSPS) is 45.4. The maximum absolute atomic E-state index is 11.0. The van der Waals surface area contributed by atoms with Gasteiger partial charge in [0.1, 0.15) is 5.54 Å². The van der Waals surface area contributed by atoms with Gasteiger partial charge < -0.3 is 15.9 Å². The number of fused-ring (bicyclic) bond motifs is 2. The first-order chi connectivity index (χ1) is 6.48. The molecule has 0 aromatic heterocycles. The molecule has 0 aromatic rings. The lowest BCUT2D eigenvalue weighted by Gasteiger charge is -2.24. The van der Waals surface area contributed by atoms with E-state index in [1.165, 1.54) is 0 Å². The van der Waals surface area contributed by atoms with Crippen molar-refractivity contribution in [2.45, 2.75) is 24.8 Å². The molecule has 0 unspecified atom stereocenters. The van der Waals surface area contributed by atoms with E-state index < -0.39 is 23.4 Å². The van der Waals surface area contributed by atoms with Crippen LogP contribution in [0.1, 0.15) is 19.3 Å². The second-order valence-electron chi connectivity index (χ2n) is 4.30. The summed E-state index contributed by atoms with van der Waals surface area (Å²) in [5, 5.41) is 17.9. The molecule has 2 aliphatic carbocycles. The molecular weight excluding hydrogens is 186 g/mol. The zero-order chi connectivity index (χ0) is 10.5. The van der Waals surface area contributed by atoms with Crippen molar-refractivity contribution in [3.05, 3.63) is 0 Å². The van der Waals surface area contributed by atoms with Crippen LogP contribution in [0, 0.1) is 17.8 Å². The van der Waals surface area contributed by atoms with Gasteiger partial charge in [-0.1, -0.05) is 0 Å². The van der Waals surface area contributed by atoms with Crippen molar-refractivity contribution in [2.75, 3.05) is 0 Å². The number of carbonyl (C=O) groups is 2. The van der Waals surface area contributed by atoms with Gasteiger partial charge in [-0.05, 0) is 25.2 Å². The van der Waals surface area contributed by atoms with Crippen LogP contribution in [0.4, 0.5) is 0 Å². The van der Waals surface area contributed by atoms with E-state index in [2.05, 4.69) is 0 Å². The quantitative estimate of drug-likeness (QED) is 0.576. The summed E-state index contributed by atoms with van der Waals surface area (Å²) in [5.74, 6) is -3.06. The van der Waals surface area contributed by atoms with Crippen LogP contribution in [-0.4, -0.2) is 27.7 Å². The van der Waals surface area contributed by atoms with E-state index >= 15 is 0 Å². The predicted octanol–water partition coefficient (Wildman–Crippen LogP) is -0.101. The summed E-state index contributed by atoms with van der Waals surface area (Å²) in [5.41, 5.74) is 4.53. The molecule has 5 heteroatoms. The van der Waals surface area contributed by atoms with Gasteiger partial charge in [-0.2, -0.15) is 0 Å². The standard InChI is InChI=1S/C9H13NO4/c10-9(8(13)14)4-1-2-6(9)5(3-4)7(11)12/h4-6H,1-3,10H2,(H,11,12)(H,13,14)/t4-,5-,6-,9-/m1/s1. The number of carboxylic acid groups (broad SMARTS) is 2. The molecule has 2 saturated carbocycles. The third-order valence-corrected chi connectivity index (χ3v) is 3.83. The van der Waals surface area contributed by atoms with Crippen LogP contribution in [0.3, 0.4) is 0 Å². The second kappa shape index (κ2) is 2.70. The average Bonchev–Trinajstić information content (AvgIpc) is 2.58. The summed E-state index contributed by atoms with van der Waals surface area (Å²) in [6.45, 7) is 0. The Morgan fingerprint density at radius 3 is 2.29 bits per heavy atom. The highest BCUT2D eigenvalue weighted by atomic mass is 16.4. The number of carboxylic acids is 2. The number of rotatable bonds is 2. The first kappa shape index (κ1) is 9.45. The minimum atomic E-state index is -1.29. The van der Waals surface area contributed by atoms with Gasteiger partial charge in [-0.25, -0.2) is 0 Å². The maximum atomic E-state index is 11.0. The van der Waals surface area contributed by atoms with Crippen LogP contribution in [-0.2, 0) is 9.59 Å². The molecule has 4 N–H and O–H groups in total. The zero-order valence-corrected chi connectivity index (χ0v) is 7.64. The molecule has 0 spiro atoms. The molecule has 2 rings (SSSR count). The summed E-state index contributed by atoms with van der Waals surface area (Å²) >= 11 is 0. The molecule has 2 bridgehead atoms. The molecule has 0 saturated heterocycles. The fourth-order valence-electron chi connectivity index (χ4n) is 3.09. The molecule has 78 valence electrons. The summed E-state index contributed by atoms with van der Waals surface area (Å²) < 4.78 is 0. The van der Waals surface area contributed by atoms with Crippen molar-refractivity contribution in [1.29, 1.82) is 0 Å². The molecule has 0 radical (unpaired) electrons. The van der Waals surface area contributed by atoms with Gasteiger partial charge in [0.15, 0.2) is 0 Å². The van der Waals surface area contributed by atoms with Crippen molar-refractivity contribution in [2.24, 2.45) is 23.5 Å². The summed E-state index contributed by atoms with van der Waals surface area (Å²) in [4.78, 5) is 21.9. The van der Waals surface area contributed by atoms with Gasteiger partial charge in [0.05, 0.1) is 5.92 Å². The fourth-order valence-corrected chi connectivity index (χ4v) is 3.09. The lowest BCUT2D eigenvalue weighted by atomic mass is 9.85. The molecule has 0 heterocycles. The molecule has 0 aliphatic heterocycles.